The van der Waals surface area contributed by atoms with Crippen LogP contribution in [0.5, 0.6) is 11.5 Å². The summed E-state index contributed by atoms with van der Waals surface area (Å²) in [4.78, 5) is 24.8. The van der Waals surface area contributed by atoms with Gasteiger partial charge in [-0.2, -0.15) is 0 Å². The third-order valence-electron chi connectivity index (χ3n) is 7.22. The molecule has 0 radical (unpaired) electrons. The van der Waals surface area contributed by atoms with E-state index in [9.17, 15) is 50.4 Å². The summed E-state index contributed by atoms with van der Waals surface area (Å²) in [6.07, 6.45) is -5.39. The average molecular weight is 659 g/mol. The Kier molecular flexibility index (Phi) is 14.3. The van der Waals surface area contributed by atoms with E-state index >= 15 is 0 Å². The fourth-order valence-corrected chi connectivity index (χ4v) is 4.60. The maximum atomic E-state index is 12.7. The van der Waals surface area contributed by atoms with E-state index in [0.29, 0.717) is 0 Å². The van der Waals surface area contributed by atoms with Gasteiger partial charge in [0.2, 0.25) is 12.0 Å². The summed E-state index contributed by atoms with van der Waals surface area (Å²) in [5.41, 5.74) is -1.25. The lowest BCUT2D eigenvalue weighted by Crippen LogP contribution is -2.65. The summed E-state index contributed by atoms with van der Waals surface area (Å²) >= 11 is 0. The number of aromatic hydroxyl groups is 1. The molecule has 0 aromatic carbocycles. The number of esters is 1. The molecule has 16 heteroatoms. The molecule has 2 aliphatic heterocycles. The molecule has 0 bridgehead atoms. The number of carbonyl (C=O) groups is 1. The number of aliphatic hydroxyl groups is 7. The fraction of sp³-hybridized carbons (Fsp3) is 0.600. The van der Waals surface area contributed by atoms with Crippen LogP contribution < -0.4 is 10.4 Å². The Balaban J connectivity index is 1.64. The minimum absolute atomic E-state index is 0.239. The van der Waals surface area contributed by atoms with E-state index < -0.39 is 104 Å². The molecule has 0 aliphatic carbocycles. The van der Waals surface area contributed by atoms with Gasteiger partial charge in [0.25, 0.3) is 0 Å². The maximum Gasteiger partial charge on any atom is 0.382 e. The lowest BCUT2D eigenvalue weighted by atomic mass is 9.97. The lowest BCUT2D eigenvalue weighted by Gasteiger charge is -2.45. The minimum atomic E-state index is -1.98. The van der Waals surface area contributed by atoms with E-state index in [1.807, 2.05) is 12.2 Å². The highest BCUT2D eigenvalue weighted by atomic mass is 16.7. The summed E-state index contributed by atoms with van der Waals surface area (Å²) in [6.45, 7) is 1.88. The first-order chi connectivity index (χ1) is 21.9. The molecule has 2 fully saturated rings. The Hall–Kier alpha value is -3.16. The van der Waals surface area contributed by atoms with Crippen molar-refractivity contribution in [1.82, 2.24) is 0 Å². The van der Waals surface area contributed by atoms with Crippen LogP contribution in [0.25, 0.3) is 0 Å². The third kappa shape index (κ3) is 9.45. The van der Waals surface area contributed by atoms with E-state index in [-0.39, 0.29) is 5.76 Å². The topological polar surface area (TPSA) is 255 Å². The predicted molar refractivity (Wildman–Crippen MR) is 155 cm³/mol. The molecule has 2 aliphatic rings. The molecule has 0 spiro atoms. The van der Waals surface area contributed by atoms with Crippen molar-refractivity contribution in [1.29, 1.82) is 0 Å². The zero-order valence-corrected chi connectivity index (χ0v) is 25.3. The molecule has 3 heterocycles. The summed E-state index contributed by atoms with van der Waals surface area (Å²) in [7, 11) is 0. The number of carbonyl (C=O) groups excluding carboxylic acids is 1. The third-order valence-corrected chi connectivity index (χ3v) is 7.22. The molecule has 3 rings (SSSR count). The number of rotatable bonds is 14. The highest BCUT2D eigenvalue weighted by Crippen LogP contribution is 2.33. The monoisotopic (exact) mass is 658 g/mol. The molecule has 8 N–H and O–H groups in total. The zero-order chi connectivity index (χ0) is 34.0. The second-order valence-electron chi connectivity index (χ2n) is 10.7. The van der Waals surface area contributed by atoms with Crippen molar-refractivity contribution in [2.45, 2.75) is 101 Å². The van der Waals surface area contributed by atoms with Crippen molar-refractivity contribution < 1.29 is 73.7 Å². The molecule has 16 nitrogen and oxygen atoms in total. The van der Waals surface area contributed by atoms with Crippen LogP contribution in [0.15, 0.2) is 51.7 Å². The molecule has 258 valence electrons. The summed E-state index contributed by atoms with van der Waals surface area (Å²) < 4.78 is 31.8. The zero-order valence-electron chi connectivity index (χ0n) is 25.3. The van der Waals surface area contributed by atoms with Crippen LogP contribution in [-0.4, -0.2) is 121 Å². The van der Waals surface area contributed by atoms with E-state index in [1.54, 1.807) is 12.2 Å². The molecule has 1 aromatic rings. The minimum Gasteiger partial charge on any atom is -0.504 e. The molecule has 0 saturated carbocycles. The van der Waals surface area contributed by atoms with Crippen LogP contribution in [0.2, 0.25) is 0 Å². The first kappa shape index (κ1) is 37.3. The molecule has 1 aromatic heterocycles. The van der Waals surface area contributed by atoms with Crippen LogP contribution in [0.3, 0.4) is 0 Å². The van der Waals surface area contributed by atoms with Gasteiger partial charge < -0.3 is 69.0 Å². The smallest absolute Gasteiger partial charge is 0.382 e. The number of hydrogen-bond acceptors (Lipinski definition) is 16. The second kappa shape index (κ2) is 17.7. The largest absolute Gasteiger partial charge is 0.504 e. The van der Waals surface area contributed by atoms with Crippen molar-refractivity contribution in [2.24, 2.45) is 0 Å². The van der Waals surface area contributed by atoms with Crippen LogP contribution in [-0.2, 0) is 23.7 Å². The predicted octanol–water partition coefficient (Wildman–Crippen LogP) is -1.19. The number of unbranched alkanes of at least 4 members (excludes halogenated alkanes) is 2. The highest BCUT2D eigenvalue weighted by Gasteiger charge is 2.51. The number of aliphatic hydroxyl groups excluding tert-OH is 7. The van der Waals surface area contributed by atoms with Crippen LogP contribution >= 0.6 is 0 Å². The Morgan fingerprint density at radius 1 is 0.913 bits per heavy atom. The van der Waals surface area contributed by atoms with Gasteiger partial charge in [0.1, 0.15) is 48.8 Å². The van der Waals surface area contributed by atoms with E-state index in [2.05, 4.69) is 6.92 Å². The van der Waals surface area contributed by atoms with Gasteiger partial charge in [0.05, 0.1) is 13.2 Å². The van der Waals surface area contributed by atoms with Crippen molar-refractivity contribution in [3.63, 3.8) is 0 Å². The van der Waals surface area contributed by atoms with Crippen molar-refractivity contribution in [3.8, 4) is 11.5 Å². The number of allylic oxidation sites excluding steroid dienone is 5. The lowest BCUT2D eigenvalue weighted by molar-refractivity contribution is -0.352. The van der Waals surface area contributed by atoms with Crippen LogP contribution in [0.4, 0.5) is 0 Å². The molecule has 46 heavy (non-hydrogen) atoms. The normalized spacial score (nSPS) is 32.7. The van der Waals surface area contributed by atoms with Gasteiger partial charge in [-0.1, -0.05) is 50.1 Å². The molecule has 11 atom stereocenters. The molecular weight excluding hydrogens is 616 g/mol. The first-order valence-corrected chi connectivity index (χ1v) is 14.8. The second-order valence-corrected chi connectivity index (χ2v) is 10.7. The fourth-order valence-electron chi connectivity index (χ4n) is 4.60. The summed E-state index contributed by atoms with van der Waals surface area (Å²) in [5, 5.41) is 81.3. The van der Waals surface area contributed by atoms with Crippen LogP contribution in [0, 0.1) is 0 Å². The number of ether oxygens (including phenoxy) is 5. The Morgan fingerprint density at radius 2 is 1.57 bits per heavy atom. The van der Waals surface area contributed by atoms with Crippen molar-refractivity contribution in [3.05, 3.63) is 58.7 Å². The number of hydrogen-bond donors (Lipinski definition) is 8. The molecule has 11 unspecified atom stereocenters. The van der Waals surface area contributed by atoms with Crippen molar-refractivity contribution >= 4 is 5.97 Å². The Labute approximate surface area is 264 Å². The van der Waals surface area contributed by atoms with Gasteiger partial charge in [-0.05, 0) is 13.3 Å². The average Bonchev–Trinajstić information content (AvgIpc) is 3.03. The molecule has 2 saturated heterocycles. The van der Waals surface area contributed by atoms with Gasteiger partial charge in [0.15, 0.2) is 23.9 Å². The highest BCUT2D eigenvalue weighted by molar-refractivity contribution is 5.82. The maximum absolute atomic E-state index is 12.7. The molecule has 0 amide bonds. The van der Waals surface area contributed by atoms with Gasteiger partial charge in [-0.15, -0.1) is 0 Å². The SMILES string of the molecule is CCCCC=CC=CC=CC(=O)OC(C)c1cc(O)c(OC2OC(CO)C(OC3OC(CO)C(O)C(O)C3O)C(O)C2O)c(=O)o1. The molecular formula is C30H42O16. The van der Waals surface area contributed by atoms with Gasteiger partial charge in [-0.3, -0.25) is 0 Å². The Morgan fingerprint density at radius 3 is 2.22 bits per heavy atom. The van der Waals surface area contributed by atoms with Gasteiger partial charge in [-0.25, -0.2) is 9.59 Å². The first-order valence-electron chi connectivity index (χ1n) is 14.8. The van der Waals surface area contributed by atoms with E-state index in [0.717, 1.165) is 31.4 Å². The van der Waals surface area contributed by atoms with Gasteiger partial charge >= 0.3 is 11.6 Å². The van der Waals surface area contributed by atoms with Gasteiger partial charge in [0, 0.05) is 12.1 Å². The summed E-state index contributed by atoms with van der Waals surface area (Å²) in [5.74, 6) is -2.61. The van der Waals surface area contributed by atoms with Crippen molar-refractivity contribution in [2.75, 3.05) is 13.2 Å². The van der Waals surface area contributed by atoms with E-state index in [1.165, 1.54) is 13.0 Å². The van der Waals surface area contributed by atoms with E-state index in [4.69, 9.17) is 28.1 Å². The van der Waals surface area contributed by atoms with Crippen LogP contribution in [0.1, 0.15) is 45.0 Å². The Bertz CT molecular complexity index is 1260. The standard InChI is InChI=1S/C30H42O16/c1-3-4-5-6-7-8-9-10-11-20(34)41-15(2)17-12-16(33)26(28(40)42-17)45-30-25(39)23(37)27(19(14-32)44-30)46-29-24(38)22(36)21(35)18(13-31)43-29/h6-12,15,18-19,21-25,27,29-33,35-39H,3-5,13-14H2,1-2H3. The summed E-state index contributed by atoms with van der Waals surface area (Å²) in [6, 6.07) is 0.944. The quantitative estimate of drug-likeness (QED) is 0.0506.